The first kappa shape index (κ1) is 12.5. The van der Waals surface area contributed by atoms with Gasteiger partial charge in [-0.3, -0.25) is 4.79 Å². The maximum atomic E-state index is 13.1. The van der Waals surface area contributed by atoms with E-state index in [0.29, 0.717) is 0 Å². The van der Waals surface area contributed by atoms with E-state index in [0.717, 1.165) is 10.8 Å². The van der Waals surface area contributed by atoms with Crippen LogP contribution in [0, 0.1) is 0 Å². The minimum absolute atomic E-state index is 0.317. The summed E-state index contributed by atoms with van der Waals surface area (Å²) in [7, 11) is 0. The van der Waals surface area contributed by atoms with Gasteiger partial charge in [-0.1, -0.05) is 0 Å². The molecule has 0 bridgehead atoms. The number of Topliss-reactive ketones (excluding diaryl/α,β-unsaturated/α-hetero) is 1. The first-order valence-electron chi connectivity index (χ1n) is 4.53. The average Bonchev–Trinajstić information content (AvgIpc) is 2.49. The van der Waals surface area contributed by atoms with Crippen molar-refractivity contribution < 1.29 is 26.7 Å². The summed E-state index contributed by atoms with van der Waals surface area (Å²) >= 11 is 2.64. The molecule has 1 aromatic rings. The number of nitrogens with zero attached hydrogens (tertiary/aromatic N) is 1. The molecule has 1 aliphatic heterocycles. The van der Waals surface area contributed by atoms with Gasteiger partial charge in [-0.15, -0.1) is 0 Å². The van der Waals surface area contributed by atoms with E-state index in [9.17, 15) is 26.7 Å². The summed E-state index contributed by atoms with van der Waals surface area (Å²) in [5.74, 6) is -5.50. The summed E-state index contributed by atoms with van der Waals surface area (Å²) in [5, 5.41) is 0. The third kappa shape index (κ3) is 1.88. The molecule has 0 fully saturated rings. The highest BCUT2D eigenvalue weighted by Crippen LogP contribution is 2.42. The van der Waals surface area contributed by atoms with Crippen LogP contribution in [0.2, 0.25) is 0 Å². The van der Waals surface area contributed by atoms with Gasteiger partial charge >= 0.3 is 12.1 Å². The van der Waals surface area contributed by atoms with Gasteiger partial charge in [0.15, 0.2) is 0 Å². The lowest BCUT2D eigenvalue weighted by Gasteiger charge is -2.23. The van der Waals surface area contributed by atoms with E-state index in [2.05, 4.69) is 15.9 Å². The third-order valence-corrected chi connectivity index (χ3v) is 3.13. The molecule has 0 N–H and O–H groups in total. The zero-order valence-electron chi connectivity index (χ0n) is 8.11. The normalized spacial score (nSPS) is 19.3. The average molecular weight is 318 g/mol. The van der Waals surface area contributed by atoms with Gasteiger partial charge in [-0.2, -0.15) is 22.0 Å². The van der Waals surface area contributed by atoms with E-state index in [1.807, 2.05) is 0 Å². The number of carbonyl (C=O) groups is 1. The molecule has 0 unspecified atom stereocenters. The molecule has 2 rings (SSSR count). The Hall–Kier alpha value is -0.920. The highest BCUT2D eigenvalue weighted by atomic mass is 79.9. The Morgan fingerprint density at radius 2 is 1.94 bits per heavy atom. The molecule has 94 valence electrons. The van der Waals surface area contributed by atoms with Crippen LogP contribution in [0.5, 0.6) is 0 Å². The highest BCUT2D eigenvalue weighted by molar-refractivity contribution is 9.10. The van der Waals surface area contributed by atoms with Crippen molar-refractivity contribution in [1.29, 1.82) is 0 Å². The Morgan fingerprint density at radius 1 is 1.35 bits per heavy atom. The van der Waals surface area contributed by atoms with Crippen LogP contribution < -0.4 is 0 Å². The van der Waals surface area contributed by atoms with Crippen molar-refractivity contribution in [2.45, 2.75) is 25.1 Å². The Bertz CT molecular complexity index is 490. The van der Waals surface area contributed by atoms with Crippen molar-refractivity contribution in [2.24, 2.45) is 0 Å². The first-order chi connectivity index (χ1) is 7.64. The van der Waals surface area contributed by atoms with Gasteiger partial charge in [-0.05, 0) is 15.9 Å². The number of hydrogen-bond donors (Lipinski definition) is 0. The zero-order valence-corrected chi connectivity index (χ0v) is 9.70. The molecule has 1 aliphatic rings. The van der Waals surface area contributed by atoms with Gasteiger partial charge < -0.3 is 4.57 Å². The maximum Gasteiger partial charge on any atom is 0.419 e. The number of halogens is 6. The second kappa shape index (κ2) is 3.54. The minimum Gasteiger partial charge on any atom is -0.343 e. The molecule has 0 aromatic carbocycles. The standard InChI is InChI=1S/C9H5BrF5NO/c10-4-3-16-2-1-8(11,12)7(17)6(16)5(4)9(13,14)15/h3H,1-2H2. The van der Waals surface area contributed by atoms with Crippen LogP contribution in [0.1, 0.15) is 22.5 Å². The molecule has 0 atom stereocenters. The van der Waals surface area contributed by atoms with Gasteiger partial charge in [0.25, 0.3) is 0 Å². The van der Waals surface area contributed by atoms with Gasteiger partial charge in [-0.25, -0.2) is 0 Å². The Balaban J connectivity index is 2.67. The number of fused-ring (bicyclic) bond motifs is 1. The molecule has 8 heteroatoms. The number of hydrogen-bond acceptors (Lipinski definition) is 1. The summed E-state index contributed by atoms with van der Waals surface area (Å²) < 4.78 is 64.7. The predicted octanol–water partition coefficient (Wildman–Crippen LogP) is 3.49. The van der Waals surface area contributed by atoms with Crippen LogP contribution in [0.15, 0.2) is 10.7 Å². The summed E-state index contributed by atoms with van der Waals surface area (Å²) in [6.45, 7) is -0.317. The van der Waals surface area contributed by atoms with Gasteiger partial charge in [0.2, 0.25) is 5.78 Å². The van der Waals surface area contributed by atoms with Crippen molar-refractivity contribution in [1.82, 2.24) is 4.57 Å². The molecule has 0 amide bonds. The molecule has 1 aromatic heterocycles. The van der Waals surface area contributed by atoms with E-state index in [1.165, 1.54) is 0 Å². The summed E-state index contributed by atoms with van der Waals surface area (Å²) in [6, 6.07) is 0. The molecule has 0 spiro atoms. The fourth-order valence-electron chi connectivity index (χ4n) is 1.76. The number of rotatable bonds is 0. The first-order valence-corrected chi connectivity index (χ1v) is 5.32. The number of ketones is 1. The topological polar surface area (TPSA) is 22.0 Å². The van der Waals surface area contributed by atoms with E-state index in [1.54, 1.807) is 0 Å². The predicted molar refractivity (Wildman–Crippen MR) is 51.0 cm³/mol. The zero-order chi connectivity index (χ0) is 13.0. The van der Waals surface area contributed by atoms with Crippen LogP contribution in [0.4, 0.5) is 22.0 Å². The van der Waals surface area contributed by atoms with Crippen molar-refractivity contribution in [3.05, 3.63) is 21.9 Å². The number of aromatic nitrogens is 1. The summed E-state index contributed by atoms with van der Waals surface area (Å²) in [4.78, 5) is 11.3. The molecule has 2 nitrogen and oxygen atoms in total. The van der Waals surface area contributed by atoms with Crippen molar-refractivity contribution >= 4 is 21.7 Å². The molecule has 2 heterocycles. The SMILES string of the molecule is O=C1c2c(C(F)(F)F)c(Br)cn2CCC1(F)F. The maximum absolute atomic E-state index is 13.1. The van der Waals surface area contributed by atoms with Gasteiger partial charge in [0, 0.05) is 23.6 Å². The summed E-state index contributed by atoms with van der Waals surface area (Å²) in [6.07, 6.45) is -4.62. The van der Waals surface area contributed by atoms with Crippen LogP contribution in [0.25, 0.3) is 0 Å². The number of aryl methyl sites for hydroxylation is 1. The van der Waals surface area contributed by atoms with Gasteiger partial charge in [0.1, 0.15) is 5.69 Å². The van der Waals surface area contributed by atoms with E-state index in [4.69, 9.17) is 0 Å². The van der Waals surface area contributed by atoms with Gasteiger partial charge in [0.05, 0.1) is 5.56 Å². The van der Waals surface area contributed by atoms with E-state index in [-0.39, 0.29) is 6.54 Å². The molecule has 0 saturated carbocycles. The molecule has 0 radical (unpaired) electrons. The largest absolute Gasteiger partial charge is 0.419 e. The minimum atomic E-state index is -4.84. The Morgan fingerprint density at radius 3 is 2.47 bits per heavy atom. The van der Waals surface area contributed by atoms with Crippen LogP contribution in [-0.2, 0) is 12.7 Å². The fourth-order valence-corrected chi connectivity index (χ4v) is 2.42. The van der Waals surface area contributed by atoms with Crippen LogP contribution in [-0.4, -0.2) is 16.3 Å². The highest BCUT2D eigenvalue weighted by Gasteiger charge is 2.50. The number of alkyl halides is 5. The molecule has 0 aliphatic carbocycles. The van der Waals surface area contributed by atoms with Crippen molar-refractivity contribution in [2.75, 3.05) is 0 Å². The summed E-state index contributed by atoms with van der Waals surface area (Å²) in [5.41, 5.74) is -2.30. The monoisotopic (exact) mass is 317 g/mol. The second-order valence-electron chi connectivity index (χ2n) is 3.68. The molecule has 17 heavy (non-hydrogen) atoms. The second-order valence-corrected chi connectivity index (χ2v) is 4.53. The lowest BCUT2D eigenvalue weighted by atomic mass is 10.0. The third-order valence-electron chi connectivity index (χ3n) is 2.53. The smallest absolute Gasteiger partial charge is 0.343 e. The van der Waals surface area contributed by atoms with Crippen molar-refractivity contribution in [3.8, 4) is 0 Å². The lowest BCUT2D eigenvalue weighted by Crippen LogP contribution is -2.37. The van der Waals surface area contributed by atoms with Crippen molar-refractivity contribution in [3.63, 3.8) is 0 Å². The molecular formula is C9H5BrF5NO. The van der Waals surface area contributed by atoms with Crippen LogP contribution in [0.3, 0.4) is 0 Å². The van der Waals surface area contributed by atoms with Crippen LogP contribution >= 0.6 is 15.9 Å². The Kier molecular flexibility index (Phi) is 2.61. The molecular weight excluding hydrogens is 313 g/mol. The quantitative estimate of drug-likeness (QED) is 0.671. The van der Waals surface area contributed by atoms with E-state index < -0.39 is 40.0 Å². The lowest BCUT2D eigenvalue weighted by molar-refractivity contribution is -0.138. The molecule has 0 saturated heterocycles. The number of carbonyl (C=O) groups excluding carboxylic acids is 1. The fraction of sp³-hybridized carbons (Fsp3) is 0.444. The van der Waals surface area contributed by atoms with E-state index >= 15 is 0 Å². The Labute approximate surface area is 101 Å².